The Bertz CT molecular complexity index is 1840. The molecule has 0 heterocycles. The van der Waals surface area contributed by atoms with Crippen LogP contribution in [0.4, 0.5) is 26.3 Å². The van der Waals surface area contributed by atoms with Gasteiger partial charge < -0.3 is 29.9 Å². The highest BCUT2D eigenvalue weighted by Gasteiger charge is 2.76. The third kappa shape index (κ3) is 6.63. The molecule has 0 aliphatic rings. The molecule has 0 atom stereocenters. The molecule has 0 aliphatic carbocycles. The van der Waals surface area contributed by atoms with E-state index in [0.29, 0.717) is 24.3 Å². The number of rotatable bonds is 12. The van der Waals surface area contributed by atoms with Crippen molar-refractivity contribution in [1.29, 1.82) is 0 Å². The van der Waals surface area contributed by atoms with Crippen LogP contribution in [0.15, 0.2) is 84.9 Å². The third-order valence-electron chi connectivity index (χ3n) is 7.59. The second-order valence-electron chi connectivity index (χ2n) is 11.2. The highest BCUT2D eigenvalue weighted by atomic mass is 19.4. The van der Waals surface area contributed by atoms with E-state index in [1.54, 1.807) is 0 Å². The molecule has 262 valence electrons. The number of carboxylic acids is 4. The van der Waals surface area contributed by atoms with E-state index in [1.165, 1.54) is 0 Å². The number of benzene rings is 4. The largest absolute Gasteiger partial charge is 0.478 e. The lowest BCUT2D eigenvalue weighted by Gasteiger charge is -2.46. The number of ether oxygens (including phenoxy) is 2. The van der Waals surface area contributed by atoms with Crippen molar-refractivity contribution in [2.45, 2.75) is 37.0 Å². The average molecular weight is 707 g/mol. The van der Waals surface area contributed by atoms with Gasteiger partial charge in [-0.15, -0.1) is 0 Å². The van der Waals surface area contributed by atoms with Crippen LogP contribution in [-0.2, 0) is 5.41 Å². The first-order valence-corrected chi connectivity index (χ1v) is 14.0. The lowest BCUT2D eigenvalue weighted by atomic mass is 9.65. The van der Waals surface area contributed by atoms with Crippen molar-refractivity contribution in [2.75, 3.05) is 0 Å². The Balaban J connectivity index is 1.80. The summed E-state index contributed by atoms with van der Waals surface area (Å²) < 4.78 is 104. The van der Waals surface area contributed by atoms with Crippen LogP contribution in [0.2, 0.25) is 0 Å². The van der Waals surface area contributed by atoms with Gasteiger partial charge in [0.2, 0.25) is 0 Å². The van der Waals surface area contributed by atoms with Crippen LogP contribution in [0.5, 0.6) is 23.0 Å². The summed E-state index contributed by atoms with van der Waals surface area (Å²) in [6.07, 6.45) is -5.86. The molecule has 0 aromatic heterocycles. The molecule has 0 spiro atoms. The van der Waals surface area contributed by atoms with E-state index in [-0.39, 0.29) is 36.8 Å². The van der Waals surface area contributed by atoms with Crippen molar-refractivity contribution in [2.24, 2.45) is 0 Å². The fraction of sp³-hybridized carbons (Fsp3) is 0.176. The summed E-state index contributed by atoms with van der Waals surface area (Å²) in [7, 11) is 0. The molecule has 0 aliphatic heterocycles. The van der Waals surface area contributed by atoms with Crippen LogP contribution in [0, 0.1) is 0 Å². The van der Waals surface area contributed by atoms with E-state index in [2.05, 4.69) is 0 Å². The van der Waals surface area contributed by atoms with Crippen molar-refractivity contribution >= 4 is 23.9 Å². The fourth-order valence-corrected chi connectivity index (χ4v) is 5.20. The molecule has 4 rings (SSSR count). The number of hydrogen-bond donors (Lipinski definition) is 4. The zero-order valence-corrected chi connectivity index (χ0v) is 25.6. The first-order valence-electron chi connectivity index (χ1n) is 14.0. The van der Waals surface area contributed by atoms with Crippen LogP contribution < -0.4 is 9.47 Å². The molecule has 0 unspecified atom stereocenters. The van der Waals surface area contributed by atoms with Crippen molar-refractivity contribution in [3.63, 3.8) is 0 Å². The van der Waals surface area contributed by atoms with Crippen molar-refractivity contribution in [3.05, 3.63) is 118 Å². The predicted octanol–water partition coefficient (Wildman–Crippen LogP) is 8.30. The molecule has 4 aromatic rings. The molecule has 0 saturated carbocycles. The van der Waals surface area contributed by atoms with Gasteiger partial charge in [0.1, 0.15) is 23.0 Å². The minimum Gasteiger partial charge on any atom is -0.478 e. The first kappa shape index (κ1) is 36.8. The van der Waals surface area contributed by atoms with Gasteiger partial charge in [0.15, 0.2) is 11.1 Å². The second-order valence-corrected chi connectivity index (χ2v) is 11.2. The molecule has 50 heavy (non-hydrogen) atoms. The molecule has 0 amide bonds. The van der Waals surface area contributed by atoms with E-state index in [0.717, 1.165) is 60.7 Å². The predicted molar refractivity (Wildman–Crippen MR) is 161 cm³/mol. The number of alkyl halides is 6. The SMILES string of the molecule is CC(C)(F)C(F)(F)C(c1ccc(Oc2ccc(C(=O)O)c(C(=O)O)c2)cc1)(c1ccc(Oc2ccc(C(=O)O)c(C(=O)O)c2)cc1)C(F)(F)F. The monoisotopic (exact) mass is 706 g/mol. The number of aromatic carboxylic acids is 4. The van der Waals surface area contributed by atoms with Crippen LogP contribution in [0.25, 0.3) is 0 Å². The van der Waals surface area contributed by atoms with Gasteiger partial charge in [-0.05, 0) is 85.6 Å². The smallest absolute Gasteiger partial charge is 0.408 e. The minimum absolute atomic E-state index is 0.249. The van der Waals surface area contributed by atoms with Crippen LogP contribution >= 0.6 is 0 Å². The van der Waals surface area contributed by atoms with Gasteiger partial charge in [0, 0.05) is 0 Å². The summed E-state index contributed by atoms with van der Waals surface area (Å²) in [5, 5.41) is 37.0. The molecule has 4 N–H and O–H groups in total. The second kappa shape index (κ2) is 13.1. The molecule has 10 nitrogen and oxygen atoms in total. The summed E-state index contributed by atoms with van der Waals surface area (Å²) in [5.41, 5.74) is -12.8. The lowest BCUT2D eigenvalue weighted by Crippen LogP contribution is -2.63. The molecule has 0 saturated heterocycles. The normalized spacial score (nSPS) is 12.2. The van der Waals surface area contributed by atoms with Gasteiger partial charge in [-0.1, -0.05) is 24.3 Å². The Hall–Kier alpha value is -6.06. The van der Waals surface area contributed by atoms with E-state index >= 15 is 26.3 Å². The van der Waals surface area contributed by atoms with Gasteiger partial charge in [0.25, 0.3) is 0 Å². The third-order valence-corrected chi connectivity index (χ3v) is 7.59. The van der Waals surface area contributed by atoms with Gasteiger partial charge >= 0.3 is 36.0 Å². The summed E-state index contributed by atoms with van der Waals surface area (Å²) in [5.74, 6) is -12.6. The van der Waals surface area contributed by atoms with Crippen molar-refractivity contribution < 1.29 is 75.4 Å². The molecular weight excluding hydrogens is 682 g/mol. The zero-order chi connectivity index (χ0) is 37.4. The Morgan fingerprint density at radius 2 is 0.780 bits per heavy atom. The Labute approximate surface area is 277 Å². The molecule has 4 aromatic carbocycles. The average Bonchev–Trinajstić information content (AvgIpc) is 3.01. The van der Waals surface area contributed by atoms with E-state index in [4.69, 9.17) is 9.47 Å². The standard InChI is InChI=1S/C34H24F6O10/c1-31(2,35)33(36,37)32(34(38,39)40,17-3-7-19(8-4-17)49-21-11-13-23(27(41)42)25(15-21)29(45)46)18-5-9-20(10-6-18)50-22-12-14-24(28(43)44)26(16-22)30(47)48/h3-16H,1-2H3,(H,41,42)(H,43,44)(H,45,46)(H,47,48). The van der Waals surface area contributed by atoms with E-state index < -0.39 is 80.4 Å². The Morgan fingerprint density at radius 3 is 1.04 bits per heavy atom. The highest BCUT2D eigenvalue weighted by Crippen LogP contribution is 2.60. The quantitative estimate of drug-likeness (QED) is 0.105. The van der Waals surface area contributed by atoms with E-state index in [1.807, 2.05) is 0 Å². The summed E-state index contributed by atoms with van der Waals surface area (Å²) in [6.45, 7) is 0.564. The fourth-order valence-electron chi connectivity index (χ4n) is 5.20. The molecule has 16 heteroatoms. The van der Waals surface area contributed by atoms with Crippen LogP contribution in [-0.4, -0.2) is 62.1 Å². The number of carboxylic acid groups (broad SMARTS) is 4. The molecule has 0 fully saturated rings. The van der Waals surface area contributed by atoms with Crippen LogP contribution in [0.3, 0.4) is 0 Å². The Morgan fingerprint density at radius 1 is 0.480 bits per heavy atom. The number of hydrogen-bond acceptors (Lipinski definition) is 6. The van der Waals surface area contributed by atoms with Crippen molar-refractivity contribution in [1.82, 2.24) is 0 Å². The molecule has 0 bridgehead atoms. The topological polar surface area (TPSA) is 168 Å². The molecule has 0 radical (unpaired) electrons. The van der Waals surface area contributed by atoms with Crippen LogP contribution in [0.1, 0.15) is 66.4 Å². The molecular formula is C34H24F6O10. The van der Waals surface area contributed by atoms with Gasteiger partial charge in [-0.25, -0.2) is 32.3 Å². The maximum Gasteiger partial charge on any atom is 0.408 e. The van der Waals surface area contributed by atoms with Crippen molar-refractivity contribution in [3.8, 4) is 23.0 Å². The van der Waals surface area contributed by atoms with Gasteiger partial charge in [0.05, 0.1) is 22.3 Å². The maximum absolute atomic E-state index is 16.1. The summed E-state index contributed by atoms with van der Waals surface area (Å²) in [6, 6.07) is 11.5. The zero-order valence-electron chi connectivity index (χ0n) is 25.6. The first-order chi connectivity index (χ1) is 23.1. The summed E-state index contributed by atoms with van der Waals surface area (Å²) >= 11 is 0. The van der Waals surface area contributed by atoms with E-state index in [9.17, 15) is 39.6 Å². The summed E-state index contributed by atoms with van der Waals surface area (Å²) in [4.78, 5) is 45.6. The number of halogens is 6. The minimum atomic E-state index is -5.86. The number of carbonyl (C=O) groups is 4. The van der Waals surface area contributed by atoms with Gasteiger partial charge in [-0.3, -0.25) is 0 Å². The maximum atomic E-state index is 16.1. The van der Waals surface area contributed by atoms with Gasteiger partial charge in [-0.2, -0.15) is 13.2 Å². The Kier molecular flexibility index (Phi) is 9.63. The highest BCUT2D eigenvalue weighted by molar-refractivity contribution is 6.02. The lowest BCUT2D eigenvalue weighted by molar-refractivity contribution is -0.276.